The number of hydrogen-bond donors (Lipinski definition) is 1. The predicted molar refractivity (Wildman–Crippen MR) is 94.8 cm³/mol. The normalized spacial score (nSPS) is 27.0. The molecule has 1 fully saturated rings. The van der Waals surface area contributed by atoms with Crippen molar-refractivity contribution in [2.75, 3.05) is 19.6 Å². The first-order valence-corrected chi connectivity index (χ1v) is 9.45. The molecule has 21 heavy (non-hydrogen) atoms. The summed E-state index contributed by atoms with van der Waals surface area (Å²) in [6.07, 6.45) is 6.98. The predicted octanol–water partition coefficient (Wildman–Crippen LogP) is 4.55. The molecule has 0 aromatic heterocycles. The average Bonchev–Trinajstić information content (AvgIpc) is 2.39. The van der Waals surface area contributed by atoms with Gasteiger partial charge in [0, 0.05) is 25.2 Å². The zero-order chi connectivity index (χ0) is 15.8. The molecule has 1 N–H and O–H groups in total. The Balaban J connectivity index is 2.78. The highest BCUT2D eigenvalue weighted by Gasteiger charge is 2.33. The fraction of sp³-hybridized carbons (Fsp3) is 1.00. The summed E-state index contributed by atoms with van der Waals surface area (Å²) in [5.41, 5.74) is 0. The summed E-state index contributed by atoms with van der Waals surface area (Å²) in [5, 5.41) is 3.78. The van der Waals surface area contributed by atoms with Crippen LogP contribution in [-0.4, -0.2) is 36.6 Å². The van der Waals surface area contributed by atoms with Crippen molar-refractivity contribution in [1.29, 1.82) is 0 Å². The largest absolute Gasteiger partial charge is 0.313 e. The van der Waals surface area contributed by atoms with E-state index in [4.69, 9.17) is 0 Å². The van der Waals surface area contributed by atoms with E-state index in [1.807, 2.05) is 0 Å². The van der Waals surface area contributed by atoms with Crippen LogP contribution >= 0.6 is 0 Å². The SMILES string of the molecule is CCCC1CCC(NCC)C(N(CC(C)C)CC(C)C)C1. The third-order valence-electron chi connectivity index (χ3n) is 4.76. The summed E-state index contributed by atoms with van der Waals surface area (Å²) in [4.78, 5) is 2.81. The molecule has 126 valence electrons. The minimum Gasteiger partial charge on any atom is -0.313 e. The maximum absolute atomic E-state index is 3.78. The second-order valence-corrected chi connectivity index (χ2v) is 7.94. The topological polar surface area (TPSA) is 15.3 Å². The third kappa shape index (κ3) is 6.69. The maximum atomic E-state index is 3.78. The Morgan fingerprint density at radius 1 is 1.00 bits per heavy atom. The Labute approximate surface area is 134 Å². The van der Waals surface area contributed by atoms with Gasteiger partial charge in [-0.05, 0) is 43.6 Å². The molecule has 3 atom stereocenters. The van der Waals surface area contributed by atoms with E-state index in [2.05, 4.69) is 51.8 Å². The number of likely N-dealkylation sites (N-methyl/N-ethyl adjacent to an activating group) is 1. The minimum absolute atomic E-state index is 0.709. The molecule has 2 nitrogen and oxygen atoms in total. The Morgan fingerprint density at radius 2 is 1.62 bits per heavy atom. The van der Waals surface area contributed by atoms with Crippen molar-refractivity contribution in [2.24, 2.45) is 17.8 Å². The van der Waals surface area contributed by atoms with Crippen LogP contribution in [0.2, 0.25) is 0 Å². The van der Waals surface area contributed by atoms with Gasteiger partial charge in [0.2, 0.25) is 0 Å². The van der Waals surface area contributed by atoms with Crippen molar-refractivity contribution in [3.8, 4) is 0 Å². The number of nitrogens with one attached hydrogen (secondary N) is 1. The van der Waals surface area contributed by atoms with Gasteiger partial charge in [-0.15, -0.1) is 0 Å². The zero-order valence-electron chi connectivity index (χ0n) is 15.5. The number of nitrogens with zero attached hydrogens (tertiary/aromatic N) is 1. The van der Waals surface area contributed by atoms with E-state index in [0.717, 1.165) is 30.3 Å². The Morgan fingerprint density at radius 3 is 2.10 bits per heavy atom. The third-order valence-corrected chi connectivity index (χ3v) is 4.76. The van der Waals surface area contributed by atoms with Crippen molar-refractivity contribution in [2.45, 2.75) is 85.7 Å². The molecule has 0 amide bonds. The highest BCUT2D eigenvalue weighted by Crippen LogP contribution is 2.32. The first kappa shape index (κ1) is 19.0. The van der Waals surface area contributed by atoms with Crippen LogP contribution in [0.5, 0.6) is 0 Å². The van der Waals surface area contributed by atoms with Crippen LogP contribution in [0.4, 0.5) is 0 Å². The molecule has 0 aromatic rings. The van der Waals surface area contributed by atoms with E-state index in [0.29, 0.717) is 6.04 Å². The monoisotopic (exact) mass is 296 g/mol. The molecule has 0 saturated heterocycles. The van der Waals surface area contributed by atoms with E-state index < -0.39 is 0 Å². The maximum Gasteiger partial charge on any atom is 0.0252 e. The quantitative estimate of drug-likeness (QED) is 0.671. The zero-order valence-corrected chi connectivity index (χ0v) is 15.5. The second kappa shape index (κ2) is 9.84. The highest BCUT2D eigenvalue weighted by atomic mass is 15.2. The van der Waals surface area contributed by atoms with Crippen LogP contribution < -0.4 is 5.32 Å². The number of rotatable bonds is 9. The molecular weight excluding hydrogens is 256 g/mol. The molecule has 1 aliphatic carbocycles. The Hall–Kier alpha value is -0.0800. The summed E-state index contributed by atoms with van der Waals surface area (Å²) >= 11 is 0. The summed E-state index contributed by atoms with van der Waals surface area (Å²) in [6.45, 7) is 17.7. The molecule has 3 unspecified atom stereocenters. The van der Waals surface area contributed by atoms with Crippen LogP contribution in [-0.2, 0) is 0 Å². The van der Waals surface area contributed by atoms with Crippen molar-refractivity contribution in [3.63, 3.8) is 0 Å². The molecule has 2 heteroatoms. The second-order valence-electron chi connectivity index (χ2n) is 7.94. The van der Waals surface area contributed by atoms with Crippen molar-refractivity contribution >= 4 is 0 Å². The van der Waals surface area contributed by atoms with Gasteiger partial charge in [-0.25, -0.2) is 0 Å². The molecular formula is C19H40N2. The van der Waals surface area contributed by atoms with Crippen LogP contribution in [0.1, 0.15) is 73.6 Å². The molecule has 1 aliphatic rings. The van der Waals surface area contributed by atoms with Gasteiger partial charge in [-0.2, -0.15) is 0 Å². The lowest BCUT2D eigenvalue weighted by Crippen LogP contribution is -2.54. The van der Waals surface area contributed by atoms with Crippen LogP contribution in [0, 0.1) is 17.8 Å². The first-order chi connectivity index (χ1) is 9.97. The molecule has 0 heterocycles. The lowest BCUT2D eigenvalue weighted by molar-refractivity contribution is 0.0745. The van der Waals surface area contributed by atoms with E-state index in [9.17, 15) is 0 Å². The molecule has 1 saturated carbocycles. The Kier molecular flexibility index (Phi) is 8.89. The molecule has 0 bridgehead atoms. The lowest BCUT2D eigenvalue weighted by Gasteiger charge is -2.44. The van der Waals surface area contributed by atoms with Crippen molar-refractivity contribution < 1.29 is 0 Å². The molecule has 0 aromatic carbocycles. The molecule has 0 aliphatic heterocycles. The van der Waals surface area contributed by atoms with Crippen molar-refractivity contribution in [1.82, 2.24) is 10.2 Å². The van der Waals surface area contributed by atoms with Gasteiger partial charge < -0.3 is 5.32 Å². The summed E-state index contributed by atoms with van der Waals surface area (Å²) in [6, 6.07) is 1.46. The minimum atomic E-state index is 0.709. The van der Waals surface area contributed by atoms with Crippen LogP contribution in [0.3, 0.4) is 0 Å². The van der Waals surface area contributed by atoms with Gasteiger partial charge in [0.05, 0.1) is 0 Å². The standard InChI is InChI=1S/C19H40N2/c1-7-9-17-10-11-18(20-8-2)19(12-17)21(13-15(3)4)14-16(5)6/h15-20H,7-14H2,1-6H3. The van der Waals surface area contributed by atoms with Gasteiger partial charge in [0.15, 0.2) is 0 Å². The van der Waals surface area contributed by atoms with Gasteiger partial charge in [-0.3, -0.25) is 4.90 Å². The summed E-state index contributed by atoms with van der Waals surface area (Å²) in [7, 11) is 0. The lowest BCUT2D eigenvalue weighted by atomic mass is 9.79. The smallest absolute Gasteiger partial charge is 0.0252 e. The van der Waals surface area contributed by atoms with Gasteiger partial charge in [-0.1, -0.05) is 54.4 Å². The number of hydrogen-bond acceptors (Lipinski definition) is 2. The summed E-state index contributed by atoms with van der Waals surface area (Å²) < 4.78 is 0. The summed E-state index contributed by atoms with van der Waals surface area (Å²) in [5.74, 6) is 2.48. The first-order valence-electron chi connectivity index (χ1n) is 9.45. The Bertz CT molecular complexity index is 252. The van der Waals surface area contributed by atoms with E-state index in [-0.39, 0.29) is 0 Å². The van der Waals surface area contributed by atoms with E-state index >= 15 is 0 Å². The van der Waals surface area contributed by atoms with Gasteiger partial charge in [0.1, 0.15) is 0 Å². The fourth-order valence-corrected chi connectivity index (χ4v) is 4.09. The molecule has 1 rings (SSSR count). The van der Waals surface area contributed by atoms with Crippen LogP contribution in [0.15, 0.2) is 0 Å². The van der Waals surface area contributed by atoms with Gasteiger partial charge in [0.25, 0.3) is 0 Å². The molecule has 0 radical (unpaired) electrons. The van der Waals surface area contributed by atoms with Crippen LogP contribution in [0.25, 0.3) is 0 Å². The molecule has 0 spiro atoms. The fourth-order valence-electron chi connectivity index (χ4n) is 4.09. The van der Waals surface area contributed by atoms with E-state index in [1.54, 1.807) is 0 Å². The van der Waals surface area contributed by atoms with E-state index in [1.165, 1.54) is 45.2 Å². The van der Waals surface area contributed by atoms with Gasteiger partial charge >= 0.3 is 0 Å². The average molecular weight is 297 g/mol. The van der Waals surface area contributed by atoms with Crippen molar-refractivity contribution in [3.05, 3.63) is 0 Å². The highest BCUT2D eigenvalue weighted by molar-refractivity contribution is 4.91.